The van der Waals surface area contributed by atoms with Crippen molar-refractivity contribution in [1.82, 2.24) is 10.3 Å². The predicted molar refractivity (Wildman–Crippen MR) is 85.6 cm³/mol. The van der Waals surface area contributed by atoms with Crippen molar-refractivity contribution < 1.29 is 9.90 Å². The zero-order valence-corrected chi connectivity index (χ0v) is 13.2. The molecule has 0 spiro atoms. The maximum absolute atomic E-state index is 12.0. The van der Waals surface area contributed by atoms with Gasteiger partial charge in [-0.1, -0.05) is 23.2 Å². The maximum Gasteiger partial charge on any atom is 0.251 e. The first-order valence-electron chi connectivity index (χ1n) is 6.48. The number of benzene rings is 1. The average molecular weight is 341 g/mol. The van der Waals surface area contributed by atoms with Gasteiger partial charge in [0.05, 0.1) is 6.10 Å². The Morgan fingerprint density at radius 2 is 1.86 bits per heavy atom. The van der Waals surface area contributed by atoms with E-state index in [9.17, 15) is 14.7 Å². The van der Waals surface area contributed by atoms with Gasteiger partial charge in [-0.15, -0.1) is 0 Å². The first-order chi connectivity index (χ1) is 10.3. The van der Waals surface area contributed by atoms with E-state index in [0.717, 1.165) is 0 Å². The van der Waals surface area contributed by atoms with E-state index in [0.29, 0.717) is 21.3 Å². The lowest BCUT2D eigenvalue weighted by molar-refractivity contribution is 0.0916. The molecule has 0 aliphatic heterocycles. The molecule has 0 saturated heterocycles. The van der Waals surface area contributed by atoms with Crippen LogP contribution in [0.3, 0.4) is 0 Å². The Hall–Kier alpha value is -1.82. The molecule has 1 unspecified atom stereocenters. The number of nitrogens with one attached hydrogen (secondary N) is 2. The van der Waals surface area contributed by atoms with Crippen LogP contribution in [0.5, 0.6) is 0 Å². The Morgan fingerprint density at radius 3 is 2.45 bits per heavy atom. The first kappa shape index (κ1) is 16.5. The van der Waals surface area contributed by atoms with E-state index in [1.807, 2.05) is 0 Å². The van der Waals surface area contributed by atoms with E-state index in [4.69, 9.17) is 23.2 Å². The molecule has 1 amide bonds. The highest BCUT2D eigenvalue weighted by molar-refractivity contribution is 6.34. The van der Waals surface area contributed by atoms with Gasteiger partial charge >= 0.3 is 0 Å². The molecule has 22 heavy (non-hydrogen) atoms. The van der Waals surface area contributed by atoms with E-state index in [-0.39, 0.29) is 17.7 Å². The smallest absolute Gasteiger partial charge is 0.251 e. The largest absolute Gasteiger partial charge is 0.387 e. The fourth-order valence-corrected chi connectivity index (χ4v) is 2.53. The van der Waals surface area contributed by atoms with Crippen LogP contribution in [0, 0.1) is 6.92 Å². The zero-order valence-electron chi connectivity index (χ0n) is 11.7. The van der Waals surface area contributed by atoms with Crippen LogP contribution >= 0.6 is 23.2 Å². The molecule has 1 aromatic heterocycles. The van der Waals surface area contributed by atoms with Crippen molar-refractivity contribution in [1.29, 1.82) is 0 Å². The lowest BCUT2D eigenvalue weighted by Crippen LogP contribution is -2.29. The number of carbonyl (C=O) groups excluding carboxylic acids is 1. The van der Waals surface area contributed by atoms with Crippen LogP contribution in [0.4, 0.5) is 0 Å². The Labute approximate surface area is 136 Å². The van der Waals surface area contributed by atoms with E-state index in [1.165, 1.54) is 6.07 Å². The number of pyridine rings is 1. The second-order valence-corrected chi connectivity index (χ2v) is 5.72. The SMILES string of the molecule is Cc1cc(C(=O)NCC(O)c2cc(Cl)cc(Cl)c2)cc(=O)[nH]1. The van der Waals surface area contributed by atoms with Crippen LogP contribution in [-0.4, -0.2) is 22.5 Å². The van der Waals surface area contributed by atoms with Gasteiger partial charge in [0.1, 0.15) is 0 Å². The molecular formula is C15H14Cl2N2O3. The molecule has 0 fully saturated rings. The molecule has 5 nitrogen and oxygen atoms in total. The van der Waals surface area contributed by atoms with Crippen molar-refractivity contribution in [3.05, 3.63) is 67.6 Å². The first-order valence-corrected chi connectivity index (χ1v) is 7.24. The van der Waals surface area contributed by atoms with Gasteiger partial charge in [-0.3, -0.25) is 9.59 Å². The molecule has 0 aliphatic carbocycles. The summed E-state index contributed by atoms with van der Waals surface area (Å²) >= 11 is 11.7. The number of aliphatic hydroxyl groups excluding tert-OH is 1. The summed E-state index contributed by atoms with van der Waals surface area (Å²) < 4.78 is 0. The number of halogens is 2. The van der Waals surface area contributed by atoms with Gasteiger partial charge in [-0.2, -0.15) is 0 Å². The number of hydrogen-bond acceptors (Lipinski definition) is 3. The summed E-state index contributed by atoms with van der Waals surface area (Å²) in [5.74, 6) is -0.443. The molecular weight excluding hydrogens is 327 g/mol. The predicted octanol–water partition coefficient (Wildman–Crippen LogP) is 2.45. The fraction of sp³-hybridized carbons (Fsp3) is 0.200. The minimum Gasteiger partial charge on any atom is -0.387 e. The van der Waals surface area contributed by atoms with Gasteiger partial charge in [0.25, 0.3) is 5.91 Å². The number of H-pyrrole nitrogens is 1. The molecule has 2 aromatic rings. The second kappa shape index (κ2) is 6.96. The number of carbonyl (C=O) groups is 1. The Balaban J connectivity index is 2.05. The summed E-state index contributed by atoms with van der Waals surface area (Å²) in [5, 5.41) is 13.4. The van der Waals surface area contributed by atoms with Crippen molar-refractivity contribution in [3.63, 3.8) is 0 Å². The minimum absolute atomic E-state index is 0.0264. The molecule has 116 valence electrons. The molecule has 2 rings (SSSR count). The molecule has 1 atom stereocenters. The number of aromatic amines is 1. The summed E-state index contributed by atoms with van der Waals surface area (Å²) in [6, 6.07) is 7.45. The van der Waals surface area contributed by atoms with Gasteiger partial charge in [0.2, 0.25) is 5.56 Å². The van der Waals surface area contributed by atoms with Crippen LogP contribution in [0.25, 0.3) is 0 Å². The highest BCUT2D eigenvalue weighted by Crippen LogP contribution is 2.23. The summed E-state index contributed by atoms with van der Waals surface area (Å²) in [6.45, 7) is 1.66. The molecule has 7 heteroatoms. The Bertz CT molecular complexity index is 738. The standard InChI is InChI=1S/C15H14Cl2N2O3/c1-8-2-10(5-14(21)19-8)15(22)18-7-13(20)9-3-11(16)6-12(17)4-9/h2-6,13,20H,7H2,1H3,(H,18,22)(H,19,21). The third-order valence-electron chi connectivity index (χ3n) is 2.97. The number of aromatic nitrogens is 1. The third-order valence-corrected chi connectivity index (χ3v) is 3.40. The van der Waals surface area contributed by atoms with E-state index >= 15 is 0 Å². The summed E-state index contributed by atoms with van der Waals surface area (Å²) in [5.41, 5.74) is 0.963. The Kier molecular flexibility index (Phi) is 5.24. The number of aryl methyl sites for hydroxylation is 1. The molecule has 0 saturated carbocycles. The second-order valence-electron chi connectivity index (χ2n) is 4.84. The highest BCUT2D eigenvalue weighted by atomic mass is 35.5. The average Bonchev–Trinajstić information content (AvgIpc) is 2.42. The van der Waals surface area contributed by atoms with E-state index in [1.54, 1.807) is 31.2 Å². The third kappa shape index (κ3) is 4.34. The van der Waals surface area contributed by atoms with E-state index < -0.39 is 12.0 Å². The highest BCUT2D eigenvalue weighted by Gasteiger charge is 2.13. The number of hydrogen-bond donors (Lipinski definition) is 3. The van der Waals surface area contributed by atoms with E-state index in [2.05, 4.69) is 10.3 Å². The normalized spacial score (nSPS) is 12.0. The van der Waals surface area contributed by atoms with Crippen LogP contribution in [-0.2, 0) is 0 Å². The quantitative estimate of drug-likeness (QED) is 0.799. The molecule has 1 aromatic carbocycles. The number of amides is 1. The summed E-state index contributed by atoms with van der Waals surface area (Å²) in [7, 11) is 0. The fourth-order valence-electron chi connectivity index (χ4n) is 1.99. The Morgan fingerprint density at radius 1 is 1.23 bits per heavy atom. The lowest BCUT2D eigenvalue weighted by Gasteiger charge is -2.13. The van der Waals surface area contributed by atoms with Crippen LogP contribution < -0.4 is 10.9 Å². The molecule has 0 radical (unpaired) electrons. The van der Waals surface area contributed by atoms with Crippen LogP contribution in [0.2, 0.25) is 10.0 Å². The van der Waals surface area contributed by atoms with Gasteiger partial charge in [0, 0.05) is 33.9 Å². The van der Waals surface area contributed by atoms with Crippen molar-refractivity contribution in [3.8, 4) is 0 Å². The van der Waals surface area contributed by atoms with Crippen molar-refractivity contribution >= 4 is 29.1 Å². The summed E-state index contributed by atoms with van der Waals surface area (Å²) in [4.78, 5) is 25.9. The zero-order chi connectivity index (χ0) is 16.3. The van der Waals surface area contributed by atoms with Crippen molar-refractivity contribution in [2.24, 2.45) is 0 Å². The van der Waals surface area contributed by atoms with Gasteiger partial charge in [-0.05, 0) is 36.8 Å². The van der Waals surface area contributed by atoms with Crippen molar-refractivity contribution in [2.75, 3.05) is 6.54 Å². The van der Waals surface area contributed by atoms with Gasteiger partial charge in [0.15, 0.2) is 0 Å². The minimum atomic E-state index is -0.955. The number of rotatable bonds is 4. The monoisotopic (exact) mass is 340 g/mol. The lowest BCUT2D eigenvalue weighted by atomic mass is 10.1. The van der Waals surface area contributed by atoms with Gasteiger partial charge < -0.3 is 15.4 Å². The van der Waals surface area contributed by atoms with Crippen LogP contribution in [0.15, 0.2) is 35.1 Å². The molecule has 3 N–H and O–H groups in total. The molecule has 0 aliphatic rings. The molecule has 0 bridgehead atoms. The van der Waals surface area contributed by atoms with Crippen molar-refractivity contribution in [2.45, 2.75) is 13.0 Å². The van der Waals surface area contributed by atoms with Crippen LogP contribution in [0.1, 0.15) is 27.7 Å². The topological polar surface area (TPSA) is 82.2 Å². The van der Waals surface area contributed by atoms with Gasteiger partial charge in [-0.25, -0.2) is 0 Å². The maximum atomic E-state index is 12.0. The molecule has 1 heterocycles. The number of aliphatic hydroxyl groups is 1. The summed E-state index contributed by atoms with van der Waals surface area (Å²) in [6.07, 6.45) is -0.955.